The first-order valence-corrected chi connectivity index (χ1v) is 6.79. The standard InChI is InChI=1S/C15H17N3O2/c1-20-13-8-7-12(17-18-13)15(19)11-6-2-4-10-5-3-9-16-14(10)11/h3,5,7-9,11,15,19H,2,4,6H2,1H3. The van der Waals surface area contributed by atoms with Gasteiger partial charge in [0.1, 0.15) is 6.10 Å². The fraction of sp³-hybridized carbons (Fsp3) is 0.400. The second-order valence-corrected chi connectivity index (χ2v) is 4.99. The van der Waals surface area contributed by atoms with Gasteiger partial charge in [-0.1, -0.05) is 6.07 Å². The first-order chi connectivity index (χ1) is 9.79. The van der Waals surface area contributed by atoms with Crippen LogP contribution in [-0.2, 0) is 6.42 Å². The average molecular weight is 271 g/mol. The molecular formula is C15H17N3O2. The molecule has 104 valence electrons. The zero-order valence-corrected chi connectivity index (χ0v) is 11.4. The predicted octanol–water partition coefficient (Wildman–Crippen LogP) is 2.03. The van der Waals surface area contributed by atoms with Crippen molar-refractivity contribution in [2.75, 3.05) is 7.11 Å². The number of hydrogen-bond donors (Lipinski definition) is 1. The maximum absolute atomic E-state index is 10.6. The second kappa shape index (κ2) is 5.54. The zero-order chi connectivity index (χ0) is 13.9. The molecule has 0 amide bonds. The van der Waals surface area contributed by atoms with Crippen molar-refractivity contribution in [1.29, 1.82) is 0 Å². The monoisotopic (exact) mass is 271 g/mol. The third-order valence-corrected chi connectivity index (χ3v) is 3.79. The fourth-order valence-electron chi connectivity index (χ4n) is 2.76. The summed E-state index contributed by atoms with van der Waals surface area (Å²) < 4.78 is 4.98. The summed E-state index contributed by atoms with van der Waals surface area (Å²) in [6, 6.07) is 7.50. The van der Waals surface area contributed by atoms with Gasteiger partial charge in [0.25, 0.3) is 0 Å². The van der Waals surface area contributed by atoms with E-state index < -0.39 is 6.10 Å². The molecule has 3 rings (SSSR count). The highest BCUT2D eigenvalue weighted by Crippen LogP contribution is 2.38. The van der Waals surface area contributed by atoms with Crippen LogP contribution in [0.2, 0.25) is 0 Å². The topological polar surface area (TPSA) is 68.1 Å². The summed E-state index contributed by atoms with van der Waals surface area (Å²) in [4.78, 5) is 4.45. The number of aliphatic hydroxyl groups excluding tert-OH is 1. The van der Waals surface area contributed by atoms with Gasteiger partial charge in [-0.15, -0.1) is 10.2 Å². The van der Waals surface area contributed by atoms with Crippen molar-refractivity contribution in [3.63, 3.8) is 0 Å². The lowest BCUT2D eigenvalue weighted by Gasteiger charge is -2.27. The minimum Gasteiger partial charge on any atom is -0.480 e. The van der Waals surface area contributed by atoms with Gasteiger partial charge in [0.2, 0.25) is 5.88 Å². The van der Waals surface area contributed by atoms with E-state index in [0.29, 0.717) is 11.6 Å². The van der Waals surface area contributed by atoms with E-state index in [0.717, 1.165) is 25.0 Å². The molecule has 2 unspecified atom stereocenters. The summed E-state index contributed by atoms with van der Waals surface area (Å²) in [5.41, 5.74) is 2.78. The van der Waals surface area contributed by atoms with Gasteiger partial charge in [-0.3, -0.25) is 4.98 Å². The van der Waals surface area contributed by atoms with Gasteiger partial charge in [-0.05, 0) is 37.0 Å². The SMILES string of the molecule is COc1ccc(C(O)C2CCCc3cccnc32)nn1. The molecule has 1 N–H and O–H groups in total. The molecule has 2 heterocycles. The summed E-state index contributed by atoms with van der Waals surface area (Å²) in [6.45, 7) is 0. The van der Waals surface area contributed by atoms with Crippen molar-refractivity contribution in [1.82, 2.24) is 15.2 Å². The molecule has 0 saturated heterocycles. The normalized spacial score (nSPS) is 19.2. The third kappa shape index (κ3) is 2.36. The predicted molar refractivity (Wildman–Crippen MR) is 73.5 cm³/mol. The van der Waals surface area contributed by atoms with Gasteiger partial charge in [0.05, 0.1) is 12.8 Å². The Morgan fingerprint density at radius 1 is 1.30 bits per heavy atom. The van der Waals surface area contributed by atoms with Crippen molar-refractivity contribution in [3.05, 3.63) is 47.4 Å². The number of hydrogen-bond acceptors (Lipinski definition) is 5. The van der Waals surface area contributed by atoms with E-state index in [1.165, 1.54) is 5.56 Å². The first-order valence-electron chi connectivity index (χ1n) is 6.79. The number of pyridine rings is 1. The molecule has 1 aliphatic rings. The van der Waals surface area contributed by atoms with Gasteiger partial charge >= 0.3 is 0 Å². The lowest BCUT2D eigenvalue weighted by Crippen LogP contribution is -2.19. The molecule has 0 saturated carbocycles. The Kier molecular flexibility index (Phi) is 3.60. The van der Waals surface area contributed by atoms with Crippen LogP contribution in [0.3, 0.4) is 0 Å². The number of aryl methyl sites for hydroxylation is 1. The first kappa shape index (κ1) is 13.0. The van der Waals surface area contributed by atoms with Crippen molar-refractivity contribution in [3.8, 4) is 5.88 Å². The summed E-state index contributed by atoms with van der Waals surface area (Å²) in [5.74, 6) is 0.436. The quantitative estimate of drug-likeness (QED) is 0.925. The number of nitrogens with zero attached hydrogens (tertiary/aromatic N) is 3. The van der Waals surface area contributed by atoms with Crippen LogP contribution in [0, 0.1) is 0 Å². The number of aliphatic hydroxyl groups is 1. The molecule has 0 bridgehead atoms. The molecule has 0 fully saturated rings. The van der Waals surface area contributed by atoms with Crippen LogP contribution < -0.4 is 4.74 Å². The Labute approximate surface area is 117 Å². The van der Waals surface area contributed by atoms with Gasteiger partial charge in [0.15, 0.2) is 0 Å². The minimum absolute atomic E-state index is 0.0114. The molecule has 2 aromatic heterocycles. The molecule has 2 aromatic rings. The molecule has 1 aliphatic carbocycles. The third-order valence-electron chi connectivity index (χ3n) is 3.79. The van der Waals surface area contributed by atoms with Gasteiger partial charge < -0.3 is 9.84 Å². The molecule has 0 radical (unpaired) electrons. The van der Waals surface area contributed by atoms with E-state index in [9.17, 15) is 5.11 Å². The number of methoxy groups -OCH3 is 1. The highest BCUT2D eigenvalue weighted by molar-refractivity contribution is 5.28. The highest BCUT2D eigenvalue weighted by atomic mass is 16.5. The Balaban J connectivity index is 1.89. The maximum atomic E-state index is 10.6. The van der Waals surface area contributed by atoms with Crippen LogP contribution in [0.4, 0.5) is 0 Å². The minimum atomic E-state index is -0.678. The van der Waals surface area contributed by atoms with Crippen LogP contribution in [0.1, 0.15) is 41.8 Å². The second-order valence-electron chi connectivity index (χ2n) is 4.99. The van der Waals surface area contributed by atoms with Gasteiger partial charge in [0, 0.05) is 23.9 Å². The highest BCUT2D eigenvalue weighted by Gasteiger charge is 2.29. The van der Waals surface area contributed by atoms with E-state index in [2.05, 4.69) is 21.2 Å². The van der Waals surface area contributed by atoms with Crippen LogP contribution in [0.15, 0.2) is 30.5 Å². The van der Waals surface area contributed by atoms with Crippen molar-refractivity contribution in [2.24, 2.45) is 0 Å². The Bertz CT molecular complexity index is 586. The number of rotatable bonds is 3. The van der Waals surface area contributed by atoms with Crippen molar-refractivity contribution in [2.45, 2.75) is 31.3 Å². The largest absolute Gasteiger partial charge is 0.480 e. The zero-order valence-electron chi connectivity index (χ0n) is 11.4. The summed E-state index contributed by atoms with van der Waals surface area (Å²) in [5, 5.41) is 18.5. The molecule has 5 heteroatoms. The Morgan fingerprint density at radius 3 is 2.95 bits per heavy atom. The van der Waals surface area contributed by atoms with Crippen molar-refractivity contribution >= 4 is 0 Å². The number of fused-ring (bicyclic) bond motifs is 1. The average Bonchev–Trinajstić information content (AvgIpc) is 2.54. The molecule has 2 atom stereocenters. The number of aromatic nitrogens is 3. The summed E-state index contributed by atoms with van der Waals surface area (Å²) >= 11 is 0. The van der Waals surface area contributed by atoms with Crippen LogP contribution in [0.5, 0.6) is 5.88 Å². The van der Waals surface area contributed by atoms with Crippen LogP contribution >= 0.6 is 0 Å². The van der Waals surface area contributed by atoms with Gasteiger partial charge in [-0.25, -0.2) is 0 Å². The van der Waals surface area contributed by atoms with Crippen molar-refractivity contribution < 1.29 is 9.84 Å². The molecule has 20 heavy (non-hydrogen) atoms. The molecule has 0 aromatic carbocycles. The fourth-order valence-corrected chi connectivity index (χ4v) is 2.76. The summed E-state index contributed by atoms with van der Waals surface area (Å²) in [7, 11) is 1.54. The Morgan fingerprint density at radius 2 is 2.20 bits per heavy atom. The van der Waals surface area contributed by atoms with Crippen LogP contribution in [0.25, 0.3) is 0 Å². The van der Waals surface area contributed by atoms with E-state index in [4.69, 9.17) is 4.74 Å². The number of ether oxygens (including phenoxy) is 1. The lowest BCUT2D eigenvalue weighted by atomic mass is 9.82. The maximum Gasteiger partial charge on any atom is 0.233 e. The van der Waals surface area contributed by atoms with Crippen LogP contribution in [-0.4, -0.2) is 27.4 Å². The molecule has 5 nitrogen and oxygen atoms in total. The summed E-state index contributed by atoms with van der Waals surface area (Å²) in [6.07, 6.45) is 4.11. The molecular weight excluding hydrogens is 254 g/mol. The van der Waals surface area contributed by atoms with E-state index in [1.807, 2.05) is 6.07 Å². The molecule has 0 aliphatic heterocycles. The Hall–Kier alpha value is -2.01. The molecule has 0 spiro atoms. The van der Waals surface area contributed by atoms with Gasteiger partial charge in [-0.2, -0.15) is 0 Å². The van der Waals surface area contributed by atoms with E-state index >= 15 is 0 Å². The lowest BCUT2D eigenvalue weighted by molar-refractivity contribution is 0.128. The van der Waals surface area contributed by atoms with E-state index in [1.54, 1.807) is 25.4 Å². The van der Waals surface area contributed by atoms with E-state index in [-0.39, 0.29) is 5.92 Å². The smallest absolute Gasteiger partial charge is 0.233 e.